The molecular formula is C52H28O3. The topological polar surface area (TPSA) is 39.4 Å². The fourth-order valence-electron chi connectivity index (χ4n) is 9.41. The quantitative estimate of drug-likeness (QED) is 0.172. The van der Waals surface area contributed by atoms with E-state index in [2.05, 4.69) is 146 Å². The van der Waals surface area contributed by atoms with Crippen molar-refractivity contribution in [3.63, 3.8) is 0 Å². The monoisotopic (exact) mass is 700 g/mol. The maximum absolute atomic E-state index is 6.68. The summed E-state index contributed by atoms with van der Waals surface area (Å²) in [6, 6.07) is 60.6. The van der Waals surface area contributed by atoms with E-state index in [-0.39, 0.29) is 0 Å². The largest absolute Gasteiger partial charge is 0.455 e. The summed E-state index contributed by atoms with van der Waals surface area (Å²) in [5, 5.41) is 14.0. The van der Waals surface area contributed by atoms with E-state index in [4.69, 9.17) is 13.3 Å². The van der Waals surface area contributed by atoms with Crippen molar-refractivity contribution in [3.05, 3.63) is 170 Å². The minimum Gasteiger partial charge on any atom is -0.455 e. The highest BCUT2D eigenvalue weighted by Crippen LogP contribution is 2.49. The van der Waals surface area contributed by atoms with Crippen LogP contribution < -0.4 is 0 Å². The third-order valence-electron chi connectivity index (χ3n) is 11.8. The average Bonchev–Trinajstić information content (AvgIpc) is 3.94. The van der Waals surface area contributed by atoms with E-state index in [0.29, 0.717) is 0 Å². The van der Waals surface area contributed by atoms with Gasteiger partial charge in [-0.25, -0.2) is 0 Å². The van der Waals surface area contributed by atoms with E-state index in [1.165, 1.54) is 32.3 Å². The molecule has 0 N–H and O–H groups in total. The Hall–Kier alpha value is -7.36. The third kappa shape index (κ3) is 3.94. The van der Waals surface area contributed by atoms with E-state index in [1.807, 2.05) is 24.3 Å². The van der Waals surface area contributed by atoms with Crippen LogP contribution in [0.4, 0.5) is 0 Å². The predicted octanol–water partition coefficient (Wildman–Crippen LogP) is 15.3. The molecule has 13 rings (SSSR count). The highest BCUT2D eigenvalue weighted by molar-refractivity contribution is 6.30. The summed E-state index contributed by atoms with van der Waals surface area (Å²) in [7, 11) is 0. The Balaban J connectivity index is 1.14. The molecule has 0 aliphatic carbocycles. The zero-order valence-electron chi connectivity index (χ0n) is 29.4. The van der Waals surface area contributed by atoms with Crippen molar-refractivity contribution >= 4 is 98.1 Å². The molecule has 0 unspecified atom stereocenters. The van der Waals surface area contributed by atoms with E-state index in [1.54, 1.807) is 0 Å². The molecule has 0 amide bonds. The SMILES string of the molecule is c1ccc2c(c1)oc1c(-c3cc4ccc5c(-c6cccc7c6oc6ccccc67)cc(-c6cccc7c6oc6ccccc67)c6ccc(c3)c4c56)cccc12. The fraction of sp³-hybridized carbons (Fsp3) is 0. The molecule has 0 radical (unpaired) electrons. The molecule has 254 valence electrons. The Labute approximate surface area is 313 Å². The van der Waals surface area contributed by atoms with Crippen molar-refractivity contribution in [2.45, 2.75) is 0 Å². The molecule has 0 saturated carbocycles. The first-order valence-electron chi connectivity index (χ1n) is 18.7. The van der Waals surface area contributed by atoms with E-state index in [9.17, 15) is 0 Å². The van der Waals surface area contributed by atoms with Crippen molar-refractivity contribution < 1.29 is 13.3 Å². The van der Waals surface area contributed by atoms with Crippen LogP contribution in [0.2, 0.25) is 0 Å². The van der Waals surface area contributed by atoms with Crippen molar-refractivity contribution in [2.24, 2.45) is 0 Å². The van der Waals surface area contributed by atoms with Gasteiger partial charge in [-0.1, -0.05) is 133 Å². The molecule has 13 aromatic rings. The molecule has 55 heavy (non-hydrogen) atoms. The average molecular weight is 701 g/mol. The normalized spacial score (nSPS) is 12.4. The second-order valence-electron chi connectivity index (χ2n) is 14.7. The first-order valence-corrected chi connectivity index (χ1v) is 18.7. The predicted molar refractivity (Wildman–Crippen MR) is 228 cm³/mol. The van der Waals surface area contributed by atoms with Crippen LogP contribution >= 0.6 is 0 Å². The molecule has 3 aromatic heterocycles. The second kappa shape index (κ2) is 10.6. The number of hydrogen-bond donors (Lipinski definition) is 0. The van der Waals surface area contributed by atoms with Gasteiger partial charge in [-0.3, -0.25) is 0 Å². The lowest BCUT2D eigenvalue weighted by Crippen LogP contribution is -1.92. The molecule has 0 saturated heterocycles. The van der Waals surface area contributed by atoms with Gasteiger partial charge in [0.15, 0.2) is 0 Å². The molecule has 10 aromatic carbocycles. The Kier molecular flexibility index (Phi) is 5.63. The summed E-state index contributed by atoms with van der Waals surface area (Å²) in [6.45, 7) is 0. The van der Waals surface area contributed by atoms with Crippen molar-refractivity contribution in [1.82, 2.24) is 0 Å². The maximum Gasteiger partial charge on any atom is 0.143 e. The van der Waals surface area contributed by atoms with Crippen molar-refractivity contribution in [1.29, 1.82) is 0 Å². The van der Waals surface area contributed by atoms with E-state index >= 15 is 0 Å². The molecule has 0 aliphatic rings. The van der Waals surface area contributed by atoms with Gasteiger partial charge in [-0.15, -0.1) is 0 Å². The summed E-state index contributed by atoms with van der Waals surface area (Å²) in [6.07, 6.45) is 0. The van der Waals surface area contributed by atoms with Crippen LogP contribution in [-0.4, -0.2) is 0 Å². The number of fused-ring (bicyclic) bond motifs is 9. The molecule has 0 bridgehead atoms. The third-order valence-corrected chi connectivity index (χ3v) is 11.8. The van der Waals surface area contributed by atoms with Gasteiger partial charge in [0, 0.05) is 49.0 Å². The maximum atomic E-state index is 6.68. The molecule has 3 heterocycles. The van der Waals surface area contributed by atoms with E-state index in [0.717, 1.165) is 99.2 Å². The molecule has 3 heteroatoms. The summed E-state index contributed by atoms with van der Waals surface area (Å²) < 4.78 is 19.9. The first kappa shape index (κ1) is 29.1. The molecule has 3 nitrogen and oxygen atoms in total. The smallest absolute Gasteiger partial charge is 0.143 e. The molecule has 0 atom stereocenters. The van der Waals surface area contributed by atoms with Crippen LogP contribution in [0, 0.1) is 0 Å². The highest BCUT2D eigenvalue weighted by Gasteiger charge is 2.23. The van der Waals surface area contributed by atoms with Crippen molar-refractivity contribution in [3.8, 4) is 33.4 Å². The van der Waals surface area contributed by atoms with Gasteiger partial charge in [0.2, 0.25) is 0 Å². The van der Waals surface area contributed by atoms with Gasteiger partial charge in [0.1, 0.15) is 33.5 Å². The Morgan fingerprint density at radius 3 is 1.13 bits per heavy atom. The number of rotatable bonds is 3. The standard InChI is InChI=1S/C52H28O3/c1-4-19-45-33(10-1)38-14-7-13-32(50(38)53-45)31-26-29-22-24-36-43(41-17-8-15-39-34-11-2-5-20-46(34)54-51(39)41)28-44(37-25-23-30(27-31)48(29)49(36)37)42-18-9-16-40-35-12-3-6-21-47(35)55-52(40)42/h1-28H. The van der Waals surface area contributed by atoms with Crippen LogP contribution in [0.1, 0.15) is 0 Å². The van der Waals surface area contributed by atoms with Gasteiger partial charge >= 0.3 is 0 Å². The summed E-state index contributed by atoms with van der Waals surface area (Å²) in [5.41, 5.74) is 12.0. The Morgan fingerprint density at radius 1 is 0.255 bits per heavy atom. The Morgan fingerprint density at radius 2 is 0.655 bits per heavy atom. The zero-order chi connectivity index (χ0) is 35.8. The van der Waals surface area contributed by atoms with Crippen molar-refractivity contribution in [2.75, 3.05) is 0 Å². The zero-order valence-corrected chi connectivity index (χ0v) is 29.4. The second-order valence-corrected chi connectivity index (χ2v) is 14.7. The van der Waals surface area contributed by atoms with Crippen LogP contribution in [0.5, 0.6) is 0 Å². The van der Waals surface area contributed by atoms with Gasteiger partial charge < -0.3 is 13.3 Å². The first-order chi connectivity index (χ1) is 27.3. The fourth-order valence-corrected chi connectivity index (χ4v) is 9.41. The van der Waals surface area contributed by atoms with Crippen LogP contribution in [0.25, 0.3) is 132 Å². The Bertz CT molecular complexity index is 3540. The number of benzene rings is 10. The minimum atomic E-state index is 0.891. The van der Waals surface area contributed by atoms with Crippen LogP contribution in [-0.2, 0) is 0 Å². The summed E-state index contributed by atoms with van der Waals surface area (Å²) in [5.74, 6) is 0. The van der Waals surface area contributed by atoms with E-state index < -0.39 is 0 Å². The van der Waals surface area contributed by atoms with Crippen LogP contribution in [0.3, 0.4) is 0 Å². The molecule has 0 fully saturated rings. The summed E-state index contributed by atoms with van der Waals surface area (Å²) in [4.78, 5) is 0. The van der Waals surface area contributed by atoms with Crippen LogP contribution in [0.15, 0.2) is 183 Å². The van der Waals surface area contributed by atoms with Gasteiger partial charge in [0.25, 0.3) is 0 Å². The van der Waals surface area contributed by atoms with Gasteiger partial charge in [-0.05, 0) is 85.4 Å². The number of furan rings is 3. The summed E-state index contributed by atoms with van der Waals surface area (Å²) >= 11 is 0. The molecule has 0 aliphatic heterocycles. The highest BCUT2D eigenvalue weighted by atomic mass is 16.3. The van der Waals surface area contributed by atoms with Gasteiger partial charge in [0.05, 0.1) is 0 Å². The lowest BCUT2D eigenvalue weighted by atomic mass is 9.84. The lowest BCUT2D eigenvalue weighted by Gasteiger charge is -2.19. The molecule has 0 spiro atoms. The molecular weight excluding hydrogens is 673 g/mol. The number of hydrogen-bond acceptors (Lipinski definition) is 3. The van der Waals surface area contributed by atoms with Gasteiger partial charge in [-0.2, -0.15) is 0 Å². The minimum absolute atomic E-state index is 0.891. The number of para-hydroxylation sites is 6. The lowest BCUT2D eigenvalue weighted by molar-refractivity contribution is 0.669.